The van der Waals surface area contributed by atoms with Crippen LogP contribution in [-0.2, 0) is 9.47 Å². The largest absolute Gasteiger partial charge is 0.446 e. The van der Waals surface area contributed by atoms with Crippen LogP contribution < -0.4 is 5.32 Å². The lowest BCUT2D eigenvalue weighted by molar-refractivity contribution is 0.0720. The molecule has 1 unspecified atom stereocenters. The second-order valence-electron chi connectivity index (χ2n) is 14.4. The van der Waals surface area contributed by atoms with E-state index >= 15 is 0 Å². The number of hydrogen-bond donors (Lipinski definition) is 1. The minimum Gasteiger partial charge on any atom is -0.446 e. The van der Waals surface area contributed by atoms with Crippen LogP contribution in [0.25, 0.3) is 0 Å². The third-order valence-electron chi connectivity index (χ3n) is 9.32. The molecule has 0 rings (SSSR count). The molecule has 0 aliphatic carbocycles. The summed E-state index contributed by atoms with van der Waals surface area (Å²) in [6.07, 6.45) is 42.9. The topological polar surface area (TPSA) is 47.6 Å². The third-order valence-corrected chi connectivity index (χ3v) is 9.32. The van der Waals surface area contributed by atoms with Crippen molar-refractivity contribution in [3.05, 3.63) is 0 Å². The van der Waals surface area contributed by atoms with Gasteiger partial charge in [0.1, 0.15) is 6.10 Å². The number of carbonyl (C=O) groups is 1. The molecule has 0 bridgehead atoms. The van der Waals surface area contributed by atoms with Crippen molar-refractivity contribution in [2.24, 2.45) is 0 Å². The van der Waals surface area contributed by atoms with Gasteiger partial charge in [0.05, 0.1) is 6.10 Å². The van der Waals surface area contributed by atoms with Crippen LogP contribution in [0.2, 0.25) is 0 Å². The molecule has 270 valence electrons. The Morgan fingerprint density at radius 2 is 0.778 bits per heavy atom. The van der Waals surface area contributed by atoms with Crippen LogP contribution in [0.5, 0.6) is 0 Å². The minimum absolute atomic E-state index is 0.0659. The highest BCUT2D eigenvalue weighted by molar-refractivity contribution is 5.67. The first-order valence-electron chi connectivity index (χ1n) is 20.7. The maximum absolute atomic E-state index is 12.5. The highest BCUT2D eigenvalue weighted by Crippen LogP contribution is 2.19. The summed E-state index contributed by atoms with van der Waals surface area (Å²) in [5.41, 5.74) is 0. The second kappa shape index (κ2) is 37.7. The first kappa shape index (κ1) is 44.2. The number of ether oxygens (including phenoxy) is 2. The Labute approximate surface area is 283 Å². The fourth-order valence-corrected chi connectivity index (χ4v) is 6.35. The smallest absolute Gasteiger partial charge is 0.407 e. The number of rotatable bonds is 37. The van der Waals surface area contributed by atoms with E-state index in [0.29, 0.717) is 13.2 Å². The molecule has 0 aromatic carbocycles. The van der Waals surface area contributed by atoms with Crippen molar-refractivity contribution >= 4 is 6.09 Å². The predicted molar refractivity (Wildman–Crippen MR) is 198 cm³/mol. The molecule has 0 spiro atoms. The van der Waals surface area contributed by atoms with E-state index in [1.54, 1.807) is 0 Å². The Balaban J connectivity index is 3.97. The van der Waals surface area contributed by atoms with E-state index in [0.717, 1.165) is 19.3 Å². The lowest BCUT2D eigenvalue weighted by atomic mass is 10.0. The zero-order valence-corrected chi connectivity index (χ0v) is 31.4. The Bertz CT molecular complexity index is 567. The van der Waals surface area contributed by atoms with Crippen LogP contribution in [0.3, 0.4) is 0 Å². The molecule has 0 radical (unpaired) electrons. The van der Waals surface area contributed by atoms with E-state index in [9.17, 15) is 4.79 Å². The van der Waals surface area contributed by atoms with Crippen molar-refractivity contribution in [1.82, 2.24) is 5.32 Å². The van der Waals surface area contributed by atoms with Crippen molar-refractivity contribution in [3.63, 3.8) is 0 Å². The van der Waals surface area contributed by atoms with Gasteiger partial charge in [-0.1, -0.05) is 187 Å². The molecule has 0 aliphatic heterocycles. The van der Waals surface area contributed by atoms with E-state index in [-0.39, 0.29) is 18.3 Å². The molecular formula is C41H83NO3. The lowest BCUT2D eigenvalue weighted by Crippen LogP contribution is -2.30. The van der Waals surface area contributed by atoms with E-state index in [1.165, 1.54) is 186 Å². The second-order valence-corrected chi connectivity index (χ2v) is 14.4. The van der Waals surface area contributed by atoms with Crippen molar-refractivity contribution < 1.29 is 14.3 Å². The van der Waals surface area contributed by atoms with Gasteiger partial charge in [-0.05, 0) is 46.0 Å². The highest BCUT2D eigenvalue weighted by Gasteiger charge is 2.14. The molecule has 0 aromatic heterocycles. The lowest BCUT2D eigenvalue weighted by Gasteiger charge is -2.18. The number of unbranched alkanes of at least 4 members (excludes halogenated alkanes) is 27. The Kier molecular flexibility index (Phi) is 37.0. The highest BCUT2D eigenvalue weighted by atomic mass is 16.6. The van der Waals surface area contributed by atoms with Crippen molar-refractivity contribution in [1.29, 1.82) is 0 Å². The average molecular weight is 638 g/mol. The molecule has 1 N–H and O–H groups in total. The van der Waals surface area contributed by atoms with Crippen LogP contribution in [0.1, 0.15) is 233 Å². The van der Waals surface area contributed by atoms with Crippen LogP contribution in [0.4, 0.5) is 4.79 Å². The molecule has 0 heterocycles. The summed E-state index contributed by atoms with van der Waals surface area (Å²) >= 11 is 0. The standard InChI is InChI=1S/C41H83NO3/c1-5-7-9-11-13-15-17-19-21-23-25-27-29-31-33-36-40(45-41(43)42-37-34-38-44-39(3)4)35-32-30-28-26-24-22-20-18-16-14-12-10-8-6-2/h39-40H,5-38H2,1-4H3,(H,42,43). The molecule has 0 fully saturated rings. The molecule has 4 nitrogen and oxygen atoms in total. The van der Waals surface area contributed by atoms with E-state index in [2.05, 4.69) is 19.2 Å². The normalized spacial score (nSPS) is 12.2. The molecule has 1 amide bonds. The quantitative estimate of drug-likeness (QED) is 0.0689. The summed E-state index contributed by atoms with van der Waals surface area (Å²) in [7, 11) is 0. The Morgan fingerprint density at radius 1 is 0.467 bits per heavy atom. The monoisotopic (exact) mass is 638 g/mol. The SMILES string of the molecule is CCCCCCCCCCCCCCCCCC(CCCCCCCCCCCCCCCC)OC(=O)NCCCOC(C)C. The molecule has 4 heteroatoms. The van der Waals surface area contributed by atoms with Gasteiger partial charge in [-0.3, -0.25) is 0 Å². The van der Waals surface area contributed by atoms with Gasteiger partial charge in [0.15, 0.2) is 0 Å². The van der Waals surface area contributed by atoms with E-state index < -0.39 is 0 Å². The first-order valence-corrected chi connectivity index (χ1v) is 20.7. The molecule has 0 aromatic rings. The van der Waals surface area contributed by atoms with Gasteiger partial charge in [-0.2, -0.15) is 0 Å². The molecule has 0 saturated carbocycles. The summed E-state index contributed by atoms with van der Waals surface area (Å²) in [5, 5.41) is 2.95. The fraction of sp³-hybridized carbons (Fsp3) is 0.976. The molecule has 0 aliphatic rings. The van der Waals surface area contributed by atoms with Gasteiger partial charge in [0.25, 0.3) is 0 Å². The number of carbonyl (C=O) groups excluding carboxylic acids is 1. The summed E-state index contributed by atoms with van der Waals surface area (Å²) < 4.78 is 11.5. The van der Waals surface area contributed by atoms with Gasteiger partial charge < -0.3 is 14.8 Å². The van der Waals surface area contributed by atoms with E-state index in [1.807, 2.05) is 13.8 Å². The number of alkyl carbamates (subject to hydrolysis) is 1. The van der Waals surface area contributed by atoms with Gasteiger partial charge >= 0.3 is 6.09 Å². The van der Waals surface area contributed by atoms with Crippen LogP contribution >= 0.6 is 0 Å². The third kappa shape index (κ3) is 37.6. The van der Waals surface area contributed by atoms with Crippen molar-refractivity contribution in [2.75, 3.05) is 13.2 Å². The zero-order valence-electron chi connectivity index (χ0n) is 31.4. The van der Waals surface area contributed by atoms with Gasteiger partial charge in [0, 0.05) is 13.2 Å². The van der Waals surface area contributed by atoms with Gasteiger partial charge in [-0.15, -0.1) is 0 Å². The summed E-state index contributed by atoms with van der Waals surface area (Å²) in [4.78, 5) is 12.5. The van der Waals surface area contributed by atoms with E-state index in [4.69, 9.17) is 9.47 Å². The molecular weight excluding hydrogens is 554 g/mol. The number of hydrogen-bond acceptors (Lipinski definition) is 3. The summed E-state index contributed by atoms with van der Waals surface area (Å²) in [6.45, 7) is 9.97. The minimum atomic E-state index is -0.240. The molecule has 45 heavy (non-hydrogen) atoms. The number of amides is 1. The Hall–Kier alpha value is -0.770. The van der Waals surface area contributed by atoms with Crippen LogP contribution in [0.15, 0.2) is 0 Å². The zero-order chi connectivity index (χ0) is 32.9. The van der Waals surface area contributed by atoms with Crippen LogP contribution in [-0.4, -0.2) is 31.5 Å². The molecule has 1 atom stereocenters. The van der Waals surface area contributed by atoms with Crippen molar-refractivity contribution in [3.8, 4) is 0 Å². The first-order chi connectivity index (χ1) is 22.1. The fourth-order valence-electron chi connectivity index (χ4n) is 6.35. The van der Waals surface area contributed by atoms with Crippen molar-refractivity contribution in [2.45, 2.75) is 245 Å². The predicted octanol–water partition coefficient (Wildman–Crippen LogP) is 14.0. The van der Waals surface area contributed by atoms with Crippen LogP contribution in [0, 0.1) is 0 Å². The maximum Gasteiger partial charge on any atom is 0.407 e. The summed E-state index contributed by atoms with van der Waals surface area (Å²) in [6, 6.07) is 0. The average Bonchev–Trinajstić information content (AvgIpc) is 3.02. The Morgan fingerprint density at radius 3 is 1.09 bits per heavy atom. The maximum atomic E-state index is 12.5. The molecule has 0 saturated heterocycles. The summed E-state index contributed by atoms with van der Waals surface area (Å²) in [5.74, 6) is 0. The number of nitrogens with one attached hydrogen (secondary N) is 1. The van der Waals surface area contributed by atoms with Gasteiger partial charge in [-0.25, -0.2) is 4.79 Å². The van der Waals surface area contributed by atoms with Gasteiger partial charge in [0.2, 0.25) is 0 Å².